The topological polar surface area (TPSA) is 137 Å². The first-order valence-electron chi connectivity index (χ1n) is 9.91. The van der Waals surface area contributed by atoms with E-state index in [9.17, 15) is 19.7 Å². The number of anilines is 2. The SMILES string of the molecule is Cn1c(=O)c2c(nc(N)n2CCN2CCN(c3ccc([N+](=O)[O-])cc3)CC2)n(C)c1=O. The number of piperazine rings is 1. The van der Waals surface area contributed by atoms with Crippen molar-refractivity contribution in [2.75, 3.05) is 43.4 Å². The third-order valence-electron chi connectivity index (χ3n) is 5.82. The lowest BCUT2D eigenvalue weighted by molar-refractivity contribution is -0.384. The van der Waals surface area contributed by atoms with Crippen molar-refractivity contribution < 1.29 is 4.92 Å². The summed E-state index contributed by atoms with van der Waals surface area (Å²) in [4.78, 5) is 43.8. The summed E-state index contributed by atoms with van der Waals surface area (Å²) < 4.78 is 4.05. The van der Waals surface area contributed by atoms with Crippen LogP contribution in [0.15, 0.2) is 33.9 Å². The summed E-state index contributed by atoms with van der Waals surface area (Å²) in [7, 11) is 3.01. The molecule has 0 atom stereocenters. The summed E-state index contributed by atoms with van der Waals surface area (Å²) in [6, 6.07) is 6.57. The largest absolute Gasteiger partial charge is 0.369 e. The number of aryl methyl sites for hydroxylation is 1. The summed E-state index contributed by atoms with van der Waals surface area (Å²) >= 11 is 0. The molecule has 0 spiro atoms. The Balaban J connectivity index is 1.44. The first-order valence-corrected chi connectivity index (χ1v) is 9.91. The van der Waals surface area contributed by atoms with Gasteiger partial charge in [-0.3, -0.25) is 28.9 Å². The zero-order valence-corrected chi connectivity index (χ0v) is 17.4. The molecule has 164 valence electrons. The molecule has 0 saturated carbocycles. The van der Waals surface area contributed by atoms with Crippen LogP contribution < -0.4 is 21.9 Å². The van der Waals surface area contributed by atoms with Gasteiger partial charge in [0.05, 0.1) is 4.92 Å². The molecule has 1 aromatic carbocycles. The van der Waals surface area contributed by atoms with Crippen molar-refractivity contribution >= 4 is 28.5 Å². The molecule has 1 fully saturated rings. The number of nitrogens with zero attached hydrogens (tertiary/aromatic N) is 7. The molecule has 0 radical (unpaired) electrons. The maximum Gasteiger partial charge on any atom is 0.332 e. The van der Waals surface area contributed by atoms with Gasteiger partial charge in [-0.1, -0.05) is 0 Å². The number of aromatic nitrogens is 4. The van der Waals surface area contributed by atoms with E-state index < -0.39 is 16.2 Å². The predicted octanol–water partition coefficient (Wildman–Crippen LogP) is -0.254. The number of nitro benzene ring substituents is 1. The van der Waals surface area contributed by atoms with E-state index >= 15 is 0 Å². The molecule has 2 aromatic heterocycles. The maximum absolute atomic E-state index is 12.6. The molecule has 12 nitrogen and oxygen atoms in total. The highest BCUT2D eigenvalue weighted by Gasteiger charge is 2.21. The molecule has 0 amide bonds. The van der Waals surface area contributed by atoms with Crippen LogP contribution in [0.3, 0.4) is 0 Å². The van der Waals surface area contributed by atoms with Gasteiger partial charge in [-0.2, -0.15) is 4.98 Å². The van der Waals surface area contributed by atoms with Crippen LogP contribution in [0.5, 0.6) is 0 Å². The van der Waals surface area contributed by atoms with Gasteiger partial charge in [0.15, 0.2) is 11.2 Å². The van der Waals surface area contributed by atoms with Gasteiger partial charge in [0, 0.05) is 71.2 Å². The van der Waals surface area contributed by atoms with Crippen LogP contribution in [0, 0.1) is 10.1 Å². The van der Waals surface area contributed by atoms with Crippen LogP contribution in [-0.4, -0.2) is 61.2 Å². The Kier molecular flexibility index (Phi) is 5.23. The Hall–Kier alpha value is -3.67. The highest BCUT2D eigenvalue weighted by molar-refractivity contribution is 5.73. The zero-order chi connectivity index (χ0) is 22.3. The lowest BCUT2D eigenvalue weighted by atomic mass is 10.2. The van der Waals surface area contributed by atoms with Gasteiger partial charge in [0.2, 0.25) is 5.95 Å². The second-order valence-corrected chi connectivity index (χ2v) is 7.60. The van der Waals surface area contributed by atoms with E-state index in [0.717, 1.165) is 36.4 Å². The normalized spacial score (nSPS) is 15.0. The predicted molar refractivity (Wildman–Crippen MR) is 116 cm³/mol. The molecule has 4 rings (SSSR count). The first kappa shape index (κ1) is 20.6. The number of hydrogen-bond acceptors (Lipinski definition) is 8. The van der Waals surface area contributed by atoms with Crippen molar-refractivity contribution in [2.45, 2.75) is 6.54 Å². The van der Waals surface area contributed by atoms with Crippen LogP contribution in [0.2, 0.25) is 0 Å². The molecule has 2 N–H and O–H groups in total. The quantitative estimate of drug-likeness (QED) is 0.434. The molecule has 0 unspecified atom stereocenters. The zero-order valence-electron chi connectivity index (χ0n) is 17.4. The van der Waals surface area contributed by atoms with Crippen molar-refractivity contribution in [3.8, 4) is 0 Å². The Morgan fingerprint density at radius 1 is 1.03 bits per heavy atom. The van der Waals surface area contributed by atoms with E-state index in [4.69, 9.17) is 5.73 Å². The van der Waals surface area contributed by atoms with E-state index in [0.29, 0.717) is 18.6 Å². The fourth-order valence-electron chi connectivity index (χ4n) is 3.95. The first-order chi connectivity index (χ1) is 14.8. The van der Waals surface area contributed by atoms with E-state index in [1.54, 1.807) is 23.7 Å². The fourth-order valence-corrected chi connectivity index (χ4v) is 3.95. The molecule has 12 heteroatoms. The number of nitro groups is 1. The highest BCUT2D eigenvalue weighted by atomic mass is 16.6. The smallest absolute Gasteiger partial charge is 0.332 e. The maximum atomic E-state index is 12.6. The lowest BCUT2D eigenvalue weighted by Gasteiger charge is -2.36. The summed E-state index contributed by atoms with van der Waals surface area (Å²) in [5.74, 6) is 0.206. The summed E-state index contributed by atoms with van der Waals surface area (Å²) in [6.07, 6.45) is 0. The Morgan fingerprint density at radius 2 is 1.68 bits per heavy atom. The molecule has 1 aliphatic rings. The van der Waals surface area contributed by atoms with Crippen LogP contribution in [-0.2, 0) is 20.6 Å². The molecule has 0 bridgehead atoms. The average Bonchev–Trinajstić information content (AvgIpc) is 3.11. The van der Waals surface area contributed by atoms with Gasteiger partial charge in [-0.15, -0.1) is 0 Å². The van der Waals surface area contributed by atoms with Crippen molar-refractivity contribution in [1.82, 2.24) is 23.6 Å². The molecule has 1 saturated heterocycles. The monoisotopic (exact) mass is 428 g/mol. The fraction of sp³-hybridized carbons (Fsp3) is 0.421. The van der Waals surface area contributed by atoms with E-state index in [1.807, 2.05) is 0 Å². The third kappa shape index (κ3) is 3.65. The molecular weight excluding hydrogens is 404 g/mol. The van der Waals surface area contributed by atoms with E-state index in [1.165, 1.54) is 23.7 Å². The second-order valence-electron chi connectivity index (χ2n) is 7.60. The summed E-state index contributed by atoms with van der Waals surface area (Å²) in [5.41, 5.74) is 6.85. The number of nitrogens with two attached hydrogens (primary N) is 1. The van der Waals surface area contributed by atoms with Crippen LogP contribution in [0.25, 0.3) is 11.2 Å². The lowest BCUT2D eigenvalue weighted by Crippen LogP contribution is -2.47. The van der Waals surface area contributed by atoms with Gasteiger partial charge < -0.3 is 15.2 Å². The molecule has 3 heterocycles. The summed E-state index contributed by atoms with van der Waals surface area (Å²) in [5, 5.41) is 10.8. The molecule has 1 aliphatic heterocycles. The summed E-state index contributed by atoms with van der Waals surface area (Å²) in [6.45, 7) is 4.34. The van der Waals surface area contributed by atoms with Crippen molar-refractivity contribution in [2.24, 2.45) is 14.1 Å². The van der Waals surface area contributed by atoms with Crippen molar-refractivity contribution in [1.29, 1.82) is 0 Å². The van der Waals surface area contributed by atoms with E-state index in [-0.39, 0.29) is 17.3 Å². The second kappa shape index (κ2) is 7.87. The molecule has 31 heavy (non-hydrogen) atoms. The highest BCUT2D eigenvalue weighted by Crippen LogP contribution is 2.21. The minimum Gasteiger partial charge on any atom is -0.369 e. The van der Waals surface area contributed by atoms with Gasteiger partial charge >= 0.3 is 5.69 Å². The van der Waals surface area contributed by atoms with E-state index in [2.05, 4.69) is 14.8 Å². The minimum atomic E-state index is -0.440. The average molecular weight is 428 g/mol. The van der Waals surface area contributed by atoms with Crippen molar-refractivity contribution in [3.63, 3.8) is 0 Å². The number of hydrogen-bond donors (Lipinski definition) is 1. The number of rotatable bonds is 5. The van der Waals surface area contributed by atoms with Gasteiger partial charge in [0.1, 0.15) is 0 Å². The molecular formula is C19H24N8O4. The molecule has 3 aromatic rings. The van der Waals surface area contributed by atoms with Gasteiger partial charge in [0.25, 0.3) is 11.2 Å². The third-order valence-corrected chi connectivity index (χ3v) is 5.82. The Labute approximate surface area is 176 Å². The van der Waals surface area contributed by atoms with Crippen LogP contribution in [0.4, 0.5) is 17.3 Å². The number of imidazole rings is 1. The number of fused-ring (bicyclic) bond motifs is 1. The number of non-ortho nitro benzene ring substituents is 1. The number of benzene rings is 1. The van der Waals surface area contributed by atoms with Crippen LogP contribution in [0.1, 0.15) is 0 Å². The Bertz CT molecular complexity index is 1250. The van der Waals surface area contributed by atoms with Crippen molar-refractivity contribution in [3.05, 3.63) is 55.2 Å². The van der Waals surface area contributed by atoms with Gasteiger partial charge in [-0.25, -0.2) is 4.79 Å². The van der Waals surface area contributed by atoms with Crippen LogP contribution >= 0.6 is 0 Å². The number of nitrogen functional groups attached to an aromatic ring is 1. The standard InChI is InChI=1S/C19H24N8O4/c1-22-16-15(17(28)23(2)19(22)29)26(18(20)21-16)12-9-24-7-10-25(11-8-24)13-3-5-14(6-4-13)27(30)31/h3-6H,7-12H2,1-2H3,(H2,20,21). The van der Waals surface area contributed by atoms with Gasteiger partial charge in [-0.05, 0) is 12.1 Å². The Morgan fingerprint density at radius 3 is 2.29 bits per heavy atom. The molecule has 0 aliphatic carbocycles. The minimum absolute atomic E-state index is 0.0798.